The van der Waals surface area contributed by atoms with Crippen molar-refractivity contribution in [2.75, 3.05) is 12.8 Å². The van der Waals surface area contributed by atoms with Gasteiger partial charge >= 0.3 is 0 Å². The van der Waals surface area contributed by atoms with Crippen LogP contribution < -0.4 is 10.5 Å². The van der Waals surface area contributed by atoms with E-state index in [1.54, 1.807) is 13.2 Å². The van der Waals surface area contributed by atoms with E-state index in [0.717, 1.165) is 11.3 Å². The summed E-state index contributed by atoms with van der Waals surface area (Å²) in [5.74, 6) is 0.697. The fourth-order valence-electron chi connectivity index (χ4n) is 1.51. The second-order valence-corrected chi connectivity index (χ2v) is 3.97. The number of anilines is 1. The summed E-state index contributed by atoms with van der Waals surface area (Å²) in [5.41, 5.74) is 8.64. The Kier molecular flexibility index (Phi) is 3.15. The highest BCUT2D eigenvalue weighted by Gasteiger charge is 2.11. The lowest BCUT2D eigenvalue weighted by Crippen LogP contribution is -1.99. The third-order valence-electron chi connectivity index (χ3n) is 2.51. The van der Waals surface area contributed by atoms with Gasteiger partial charge in [0.2, 0.25) is 0 Å². The highest BCUT2D eigenvalue weighted by Crippen LogP contribution is 2.33. The smallest absolute Gasteiger partial charge is 0.120 e. The predicted molar refractivity (Wildman–Crippen MR) is 68.2 cm³/mol. The number of ether oxygens (including phenoxy) is 1. The molecule has 0 aliphatic rings. The van der Waals surface area contributed by atoms with Crippen molar-refractivity contribution in [2.45, 2.75) is 6.92 Å². The van der Waals surface area contributed by atoms with Gasteiger partial charge in [-0.1, -0.05) is 11.6 Å². The summed E-state index contributed by atoms with van der Waals surface area (Å²) in [5, 5.41) is 0.550. The van der Waals surface area contributed by atoms with Crippen molar-refractivity contribution in [1.82, 2.24) is 9.97 Å². The largest absolute Gasteiger partial charge is 0.497 e. The van der Waals surface area contributed by atoms with Gasteiger partial charge in [0.25, 0.3) is 0 Å². The number of nitrogen functional groups attached to an aromatic ring is 1. The molecule has 0 saturated carbocycles. The molecule has 0 saturated heterocycles. The van der Waals surface area contributed by atoms with Crippen LogP contribution in [0.25, 0.3) is 11.3 Å². The molecule has 0 spiro atoms. The highest BCUT2D eigenvalue weighted by molar-refractivity contribution is 6.33. The van der Waals surface area contributed by atoms with E-state index < -0.39 is 0 Å². The number of halogens is 1. The first-order chi connectivity index (χ1) is 8.13. The molecule has 0 atom stereocenters. The molecule has 2 N–H and O–H groups in total. The molecule has 17 heavy (non-hydrogen) atoms. The molecule has 88 valence electrons. The lowest BCUT2D eigenvalue weighted by molar-refractivity contribution is 0.415. The summed E-state index contributed by atoms with van der Waals surface area (Å²) in [7, 11) is 1.59. The summed E-state index contributed by atoms with van der Waals surface area (Å²) < 4.78 is 5.09. The maximum absolute atomic E-state index is 6.17. The Labute approximate surface area is 104 Å². The molecular formula is C12H12ClN3O. The first-order valence-corrected chi connectivity index (χ1v) is 5.42. The lowest BCUT2D eigenvalue weighted by Gasteiger charge is -2.09. The van der Waals surface area contributed by atoms with Crippen LogP contribution >= 0.6 is 11.6 Å². The average molecular weight is 250 g/mol. The van der Waals surface area contributed by atoms with Crippen molar-refractivity contribution in [3.8, 4) is 17.0 Å². The zero-order valence-corrected chi connectivity index (χ0v) is 10.3. The van der Waals surface area contributed by atoms with Crippen molar-refractivity contribution in [3.05, 3.63) is 35.2 Å². The fraction of sp³-hybridized carbons (Fsp3) is 0.167. The summed E-state index contributed by atoms with van der Waals surface area (Å²) in [4.78, 5) is 8.19. The number of aryl methyl sites for hydroxylation is 1. The standard InChI is InChI=1S/C12H12ClN3O/c1-7-11(14)12(16-6-15-7)9-4-3-8(17-2)5-10(9)13/h3-6H,14H2,1-2H3. The summed E-state index contributed by atoms with van der Waals surface area (Å²) in [6.45, 7) is 1.83. The number of nitrogens with two attached hydrogens (primary N) is 1. The Morgan fingerprint density at radius 3 is 2.71 bits per heavy atom. The van der Waals surface area contributed by atoms with Gasteiger partial charge in [-0.2, -0.15) is 0 Å². The van der Waals surface area contributed by atoms with E-state index in [0.29, 0.717) is 22.2 Å². The quantitative estimate of drug-likeness (QED) is 0.889. The van der Waals surface area contributed by atoms with Gasteiger partial charge in [0.15, 0.2) is 0 Å². The zero-order valence-electron chi connectivity index (χ0n) is 9.57. The number of aromatic nitrogens is 2. The van der Waals surface area contributed by atoms with Gasteiger partial charge in [0.05, 0.1) is 29.2 Å². The van der Waals surface area contributed by atoms with Crippen LogP contribution in [-0.2, 0) is 0 Å². The average Bonchev–Trinajstić information content (AvgIpc) is 2.33. The van der Waals surface area contributed by atoms with E-state index >= 15 is 0 Å². The van der Waals surface area contributed by atoms with Crippen LogP contribution in [0.4, 0.5) is 5.69 Å². The van der Waals surface area contributed by atoms with Crippen LogP contribution in [0.15, 0.2) is 24.5 Å². The monoisotopic (exact) mass is 249 g/mol. The molecule has 1 aromatic carbocycles. The van der Waals surface area contributed by atoms with Crippen LogP contribution in [0, 0.1) is 6.92 Å². The molecule has 1 aromatic heterocycles. The molecule has 0 unspecified atom stereocenters. The molecular weight excluding hydrogens is 238 g/mol. The number of methoxy groups -OCH3 is 1. The van der Waals surface area contributed by atoms with Gasteiger partial charge in [-0.3, -0.25) is 0 Å². The summed E-state index contributed by atoms with van der Waals surface area (Å²) in [6.07, 6.45) is 1.47. The van der Waals surface area contributed by atoms with Crippen molar-refractivity contribution in [1.29, 1.82) is 0 Å². The Hall–Kier alpha value is -1.81. The molecule has 2 rings (SSSR count). The first-order valence-electron chi connectivity index (χ1n) is 5.04. The topological polar surface area (TPSA) is 61.0 Å². The second kappa shape index (κ2) is 4.59. The van der Waals surface area contributed by atoms with Gasteiger partial charge in [0, 0.05) is 5.56 Å². The maximum atomic E-state index is 6.17. The maximum Gasteiger partial charge on any atom is 0.120 e. The normalized spacial score (nSPS) is 10.3. The van der Waals surface area contributed by atoms with Gasteiger partial charge < -0.3 is 10.5 Å². The van der Waals surface area contributed by atoms with Crippen LogP contribution in [0.2, 0.25) is 5.02 Å². The van der Waals surface area contributed by atoms with Crippen LogP contribution in [0.1, 0.15) is 5.69 Å². The summed E-state index contributed by atoms with van der Waals surface area (Å²) in [6, 6.07) is 5.38. The molecule has 0 bridgehead atoms. The minimum Gasteiger partial charge on any atom is -0.497 e. The lowest BCUT2D eigenvalue weighted by atomic mass is 10.1. The Bertz CT molecular complexity index is 557. The van der Waals surface area contributed by atoms with Crippen molar-refractivity contribution in [3.63, 3.8) is 0 Å². The molecule has 0 amide bonds. The fourth-order valence-corrected chi connectivity index (χ4v) is 1.77. The SMILES string of the molecule is COc1ccc(-c2ncnc(C)c2N)c(Cl)c1. The molecule has 4 nitrogen and oxygen atoms in total. The van der Waals surface area contributed by atoms with E-state index in [1.165, 1.54) is 6.33 Å². The number of hydrogen-bond donors (Lipinski definition) is 1. The van der Waals surface area contributed by atoms with Crippen molar-refractivity contribution in [2.24, 2.45) is 0 Å². The van der Waals surface area contributed by atoms with Gasteiger partial charge in [0.1, 0.15) is 12.1 Å². The Balaban J connectivity index is 2.57. The van der Waals surface area contributed by atoms with Crippen LogP contribution in [-0.4, -0.2) is 17.1 Å². The Morgan fingerprint density at radius 1 is 1.29 bits per heavy atom. The van der Waals surface area contributed by atoms with Gasteiger partial charge in [-0.15, -0.1) is 0 Å². The van der Waals surface area contributed by atoms with Gasteiger partial charge in [-0.25, -0.2) is 9.97 Å². The number of nitrogens with zero attached hydrogens (tertiary/aromatic N) is 2. The molecule has 2 aromatic rings. The van der Waals surface area contributed by atoms with E-state index in [1.807, 2.05) is 19.1 Å². The summed E-state index contributed by atoms with van der Waals surface area (Å²) >= 11 is 6.17. The molecule has 0 aliphatic heterocycles. The van der Waals surface area contributed by atoms with Crippen molar-refractivity contribution >= 4 is 17.3 Å². The minimum atomic E-state index is 0.541. The number of rotatable bonds is 2. The third kappa shape index (κ3) is 2.17. The number of benzene rings is 1. The van der Waals surface area contributed by atoms with E-state index in [-0.39, 0.29) is 0 Å². The molecule has 5 heteroatoms. The molecule has 0 fully saturated rings. The molecule has 1 heterocycles. The number of hydrogen-bond acceptors (Lipinski definition) is 4. The van der Waals surface area contributed by atoms with E-state index in [9.17, 15) is 0 Å². The predicted octanol–water partition coefficient (Wildman–Crippen LogP) is 2.70. The van der Waals surface area contributed by atoms with Gasteiger partial charge in [-0.05, 0) is 25.1 Å². The Morgan fingerprint density at radius 2 is 2.06 bits per heavy atom. The first kappa shape index (κ1) is 11.7. The van der Waals surface area contributed by atoms with E-state index in [2.05, 4.69) is 9.97 Å². The van der Waals surface area contributed by atoms with E-state index in [4.69, 9.17) is 22.1 Å². The third-order valence-corrected chi connectivity index (χ3v) is 2.83. The minimum absolute atomic E-state index is 0.541. The zero-order chi connectivity index (χ0) is 12.4. The molecule has 0 radical (unpaired) electrons. The van der Waals surface area contributed by atoms with Crippen LogP contribution in [0.3, 0.4) is 0 Å². The van der Waals surface area contributed by atoms with Crippen molar-refractivity contribution < 1.29 is 4.74 Å². The van der Waals surface area contributed by atoms with Crippen LogP contribution in [0.5, 0.6) is 5.75 Å². The molecule has 0 aliphatic carbocycles. The second-order valence-electron chi connectivity index (χ2n) is 3.57. The highest BCUT2D eigenvalue weighted by atomic mass is 35.5.